The van der Waals surface area contributed by atoms with Crippen LogP contribution in [-0.2, 0) is 27.3 Å². The van der Waals surface area contributed by atoms with Crippen LogP contribution in [0.1, 0.15) is 5.56 Å². The van der Waals surface area contributed by atoms with Crippen LogP contribution in [0.5, 0.6) is 0 Å². The molecule has 0 N–H and O–H groups in total. The van der Waals surface area contributed by atoms with E-state index in [9.17, 15) is 4.39 Å². The van der Waals surface area contributed by atoms with Crippen LogP contribution >= 0.6 is 8.25 Å². The Labute approximate surface area is 75.3 Å². The van der Waals surface area contributed by atoms with E-state index in [4.69, 9.17) is 8.25 Å². The van der Waals surface area contributed by atoms with E-state index in [1.165, 1.54) is 17.7 Å². The number of rotatable bonds is 2. The Morgan fingerprint density at radius 2 is 1.90 bits per heavy atom. The molecule has 0 saturated carbocycles. The zero-order valence-corrected chi connectivity index (χ0v) is 11.7. The van der Waals surface area contributed by atoms with Gasteiger partial charge in [0.25, 0.3) is 0 Å². The standard InChI is InChI=1S/C7H6F.ClH.Hg/c1-6-2-4-7(8)5-3-6;;/h2-5H,1H2;1H;/q;;+1/p-1. The molecule has 10 heavy (non-hydrogen) atoms. The average molecular weight is 345 g/mol. The maximum atomic E-state index is 12.3. The average Bonchev–Trinajstić information content (AvgIpc) is 1.95. The number of hydrogen-bond donors (Lipinski definition) is 0. The first kappa shape index (κ1) is 8.47. The van der Waals surface area contributed by atoms with Gasteiger partial charge in [-0.3, -0.25) is 0 Å². The SMILES string of the molecule is Fc1ccc([CH2][Hg][Cl])cc1. The summed E-state index contributed by atoms with van der Waals surface area (Å²) >= 11 is -1.07. The second-order valence-corrected chi connectivity index (χ2v) is 8.80. The summed E-state index contributed by atoms with van der Waals surface area (Å²) in [5.41, 5.74) is 1.18. The number of halogens is 2. The molecule has 0 spiro atoms. The molecule has 3 heteroatoms. The van der Waals surface area contributed by atoms with Crippen molar-refractivity contribution in [3.05, 3.63) is 35.6 Å². The minimum absolute atomic E-state index is 0.171. The minimum atomic E-state index is -1.07. The van der Waals surface area contributed by atoms with Crippen LogP contribution in [0.15, 0.2) is 24.3 Å². The van der Waals surface area contributed by atoms with E-state index in [0.717, 1.165) is 3.93 Å². The summed E-state index contributed by atoms with van der Waals surface area (Å²) in [6.07, 6.45) is 0. The van der Waals surface area contributed by atoms with Crippen LogP contribution in [-0.4, -0.2) is 0 Å². The molecule has 50 valence electrons. The molecule has 0 fully saturated rings. The van der Waals surface area contributed by atoms with E-state index < -0.39 is 23.3 Å². The molecule has 1 aromatic carbocycles. The maximum absolute atomic E-state index is 12.3. The normalized spacial score (nSPS) is 9.00. The van der Waals surface area contributed by atoms with Crippen LogP contribution in [0.3, 0.4) is 0 Å². The molecule has 0 aromatic heterocycles. The predicted molar refractivity (Wildman–Crippen MR) is 36.0 cm³/mol. The van der Waals surface area contributed by atoms with Gasteiger partial charge in [-0.2, -0.15) is 0 Å². The first-order valence-electron chi connectivity index (χ1n) is 3.13. The van der Waals surface area contributed by atoms with Crippen molar-refractivity contribution >= 4 is 8.25 Å². The quantitative estimate of drug-likeness (QED) is 0.723. The summed E-state index contributed by atoms with van der Waals surface area (Å²) < 4.78 is 13.3. The third kappa shape index (κ3) is 2.55. The van der Waals surface area contributed by atoms with E-state index in [1.54, 1.807) is 12.1 Å². The van der Waals surface area contributed by atoms with Crippen molar-refractivity contribution in [2.75, 3.05) is 0 Å². The van der Waals surface area contributed by atoms with Crippen molar-refractivity contribution in [2.24, 2.45) is 0 Å². The Bertz CT molecular complexity index is 197. The fourth-order valence-corrected chi connectivity index (χ4v) is 4.82. The zero-order valence-electron chi connectivity index (χ0n) is 5.48. The third-order valence-corrected chi connectivity index (χ3v) is 5.93. The van der Waals surface area contributed by atoms with Crippen LogP contribution in [0.2, 0.25) is 0 Å². The van der Waals surface area contributed by atoms with Crippen molar-refractivity contribution in [1.29, 1.82) is 0 Å². The molecule has 0 saturated heterocycles. The van der Waals surface area contributed by atoms with Crippen molar-refractivity contribution in [2.45, 2.75) is 3.93 Å². The van der Waals surface area contributed by atoms with Crippen LogP contribution in [0.4, 0.5) is 4.39 Å². The van der Waals surface area contributed by atoms with Crippen molar-refractivity contribution < 1.29 is 27.7 Å². The van der Waals surface area contributed by atoms with Crippen LogP contribution in [0.25, 0.3) is 0 Å². The Morgan fingerprint density at radius 1 is 1.30 bits per heavy atom. The summed E-state index contributed by atoms with van der Waals surface area (Å²) in [5.74, 6) is -0.171. The van der Waals surface area contributed by atoms with Crippen molar-refractivity contribution in [3.63, 3.8) is 0 Å². The zero-order chi connectivity index (χ0) is 7.40. The summed E-state index contributed by atoms with van der Waals surface area (Å²) in [6.45, 7) is 0. The topological polar surface area (TPSA) is 0 Å². The molecule has 1 rings (SSSR count). The van der Waals surface area contributed by atoms with E-state index >= 15 is 0 Å². The van der Waals surface area contributed by atoms with Crippen molar-refractivity contribution in [3.8, 4) is 0 Å². The van der Waals surface area contributed by atoms with Crippen molar-refractivity contribution in [1.82, 2.24) is 0 Å². The van der Waals surface area contributed by atoms with Crippen LogP contribution < -0.4 is 0 Å². The molecular weight excluding hydrogens is 339 g/mol. The molecule has 0 amide bonds. The summed E-state index contributed by atoms with van der Waals surface area (Å²) in [4.78, 5) is 0. The number of hydrogen-bond acceptors (Lipinski definition) is 0. The van der Waals surface area contributed by atoms with E-state index in [2.05, 4.69) is 0 Å². The second kappa shape index (κ2) is 4.29. The van der Waals surface area contributed by atoms with E-state index in [0.29, 0.717) is 0 Å². The third-order valence-electron chi connectivity index (χ3n) is 1.30. The van der Waals surface area contributed by atoms with Gasteiger partial charge in [0.15, 0.2) is 0 Å². The first-order chi connectivity index (χ1) is 4.83. The van der Waals surface area contributed by atoms with Crippen LogP contribution in [0, 0.1) is 5.82 Å². The molecule has 0 aliphatic rings. The molecule has 0 aliphatic heterocycles. The fourth-order valence-electron chi connectivity index (χ4n) is 0.760. The molecule has 0 radical (unpaired) electrons. The van der Waals surface area contributed by atoms with Gasteiger partial charge in [0.05, 0.1) is 0 Å². The predicted octanol–water partition coefficient (Wildman–Crippen LogP) is 2.56. The van der Waals surface area contributed by atoms with E-state index in [-0.39, 0.29) is 5.82 Å². The van der Waals surface area contributed by atoms with Gasteiger partial charge in [-0.1, -0.05) is 0 Å². The van der Waals surface area contributed by atoms with Gasteiger partial charge in [0.2, 0.25) is 0 Å². The molecule has 0 bridgehead atoms. The van der Waals surface area contributed by atoms with Gasteiger partial charge < -0.3 is 0 Å². The first-order valence-corrected chi connectivity index (χ1v) is 13.8. The Balaban J connectivity index is 2.69. The van der Waals surface area contributed by atoms with Gasteiger partial charge in [-0.15, -0.1) is 0 Å². The number of benzene rings is 1. The second-order valence-electron chi connectivity index (χ2n) is 2.07. The molecule has 1 aromatic rings. The Morgan fingerprint density at radius 3 is 2.40 bits per heavy atom. The fraction of sp³-hybridized carbons (Fsp3) is 0.143. The Hall–Kier alpha value is 0.375. The molecule has 0 unspecified atom stereocenters. The molecular formula is C7H6ClFHg. The van der Waals surface area contributed by atoms with Gasteiger partial charge in [-0.25, -0.2) is 0 Å². The molecule has 0 atom stereocenters. The summed E-state index contributed by atoms with van der Waals surface area (Å²) in [7, 11) is 5.70. The van der Waals surface area contributed by atoms with Gasteiger partial charge in [-0.05, 0) is 0 Å². The molecule has 0 heterocycles. The van der Waals surface area contributed by atoms with Gasteiger partial charge in [0, 0.05) is 0 Å². The van der Waals surface area contributed by atoms with Gasteiger partial charge >= 0.3 is 75.6 Å². The molecule has 0 aliphatic carbocycles. The summed E-state index contributed by atoms with van der Waals surface area (Å²) in [6, 6.07) is 6.57. The van der Waals surface area contributed by atoms with E-state index in [1.807, 2.05) is 0 Å². The monoisotopic (exact) mass is 346 g/mol. The Kier molecular flexibility index (Phi) is 3.64. The molecule has 0 nitrogen and oxygen atoms in total. The summed E-state index contributed by atoms with van der Waals surface area (Å²) in [5, 5.41) is 0. The van der Waals surface area contributed by atoms with Gasteiger partial charge in [0.1, 0.15) is 0 Å².